The van der Waals surface area contributed by atoms with Crippen LogP contribution in [0.4, 0.5) is 21.9 Å². The molecular formula is C26H35N5O3. The van der Waals surface area contributed by atoms with E-state index < -0.39 is 5.91 Å². The number of amides is 3. The Labute approximate surface area is 201 Å². The minimum Gasteiger partial charge on any atom is -0.381 e. The van der Waals surface area contributed by atoms with Crippen molar-refractivity contribution in [2.45, 2.75) is 37.6 Å². The first kappa shape index (κ1) is 23.9. The maximum atomic E-state index is 12.2. The Bertz CT molecular complexity index is 994. The van der Waals surface area contributed by atoms with E-state index in [4.69, 9.17) is 10.5 Å². The molecule has 2 aliphatic rings. The highest BCUT2D eigenvalue weighted by atomic mass is 16.5. The van der Waals surface area contributed by atoms with E-state index in [1.165, 1.54) is 5.56 Å². The molecule has 0 saturated carbocycles. The first-order valence-electron chi connectivity index (χ1n) is 12.0. The second-order valence-corrected chi connectivity index (χ2v) is 9.34. The number of hydrogen-bond donors (Lipinski definition) is 3. The summed E-state index contributed by atoms with van der Waals surface area (Å²) in [6.45, 7) is 3.02. The van der Waals surface area contributed by atoms with E-state index in [9.17, 15) is 9.59 Å². The van der Waals surface area contributed by atoms with Crippen LogP contribution in [0.1, 0.15) is 47.5 Å². The van der Waals surface area contributed by atoms with Crippen LogP contribution in [0, 0.1) is 0 Å². The van der Waals surface area contributed by atoms with Crippen molar-refractivity contribution in [3.05, 3.63) is 53.6 Å². The molecule has 34 heavy (non-hydrogen) atoms. The van der Waals surface area contributed by atoms with Gasteiger partial charge in [0, 0.05) is 63.5 Å². The van der Waals surface area contributed by atoms with Gasteiger partial charge in [-0.05, 0) is 67.5 Å². The number of carbonyl (C=O) groups excluding carboxylic acids is 2. The fourth-order valence-electron chi connectivity index (χ4n) is 4.71. The highest BCUT2D eigenvalue weighted by Crippen LogP contribution is 2.30. The zero-order chi connectivity index (χ0) is 24.1. The van der Waals surface area contributed by atoms with Gasteiger partial charge in [-0.25, -0.2) is 4.79 Å². The van der Waals surface area contributed by atoms with Crippen LogP contribution in [0.15, 0.2) is 42.5 Å². The standard InChI is InChI=1S/C26H35N5O3/c1-30(2)26(33)31-13-9-21(10-14-31)29-24-17-22(7-8-23(24)25(27)32)28-20-5-3-18(4-6-20)19-11-15-34-16-12-19/h3-8,17,19,21,28-29H,9-16H2,1-2H3,(H2,27,32). The van der Waals surface area contributed by atoms with E-state index in [2.05, 4.69) is 34.9 Å². The summed E-state index contributed by atoms with van der Waals surface area (Å²) in [5.74, 6) is 0.1000. The van der Waals surface area contributed by atoms with Crippen LogP contribution in [0.2, 0.25) is 0 Å². The van der Waals surface area contributed by atoms with Gasteiger partial charge in [0.15, 0.2) is 0 Å². The predicted octanol–water partition coefficient (Wildman–Crippen LogP) is 3.98. The lowest BCUT2D eigenvalue weighted by atomic mass is 9.92. The molecule has 2 fully saturated rings. The highest BCUT2D eigenvalue weighted by molar-refractivity contribution is 5.99. The van der Waals surface area contributed by atoms with Crippen LogP contribution in [-0.2, 0) is 4.74 Å². The summed E-state index contributed by atoms with van der Waals surface area (Å²) in [5, 5.41) is 6.93. The molecule has 182 valence electrons. The van der Waals surface area contributed by atoms with E-state index in [0.29, 0.717) is 30.3 Å². The maximum absolute atomic E-state index is 12.2. The van der Waals surface area contributed by atoms with Crippen LogP contribution < -0.4 is 16.4 Å². The summed E-state index contributed by atoms with van der Waals surface area (Å²) in [4.78, 5) is 27.7. The van der Waals surface area contributed by atoms with Gasteiger partial charge >= 0.3 is 6.03 Å². The number of piperidine rings is 1. The Kier molecular flexibility index (Phi) is 7.57. The van der Waals surface area contributed by atoms with E-state index in [1.807, 2.05) is 17.0 Å². The van der Waals surface area contributed by atoms with Gasteiger partial charge in [0.1, 0.15) is 0 Å². The van der Waals surface area contributed by atoms with Crippen molar-refractivity contribution < 1.29 is 14.3 Å². The largest absolute Gasteiger partial charge is 0.381 e. The maximum Gasteiger partial charge on any atom is 0.319 e. The fraction of sp³-hybridized carbons (Fsp3) is 0.462. The third-order valence-electron chi connectivity index (χ3n) is 6.68. The third-order valence-corrected chi connectivity index (χ3v) is 6.68. The molecule has 2 saturated heterocycles. The van der Waals surface area contributed by atoms with Gasteiger partial charge in [-0.3, -0.25) is 4.79 Å². The van der Waals surface area contributed by atoms with Gasteiger partial charge in [-0.2, -0.15) is 0 Å². The van der Waals surface area contributed by atoms with Crippen LogP contribution >= 0.6 is 0 Å². The Morgan fingerprint density at radius 3 is 2.24 bits per heavy atom. The van der Waals surface area contributed by atoms with Gasteiger partial charge in [-0.15, -0.1) is 0 Å². The Morgan fingerprint density at radius 1 is 0.971 bits per heavy atom. The molecule has 0 aromatic heterocycles. The Balaban J connectivity index is 1.42. The molecule has 0 unspecified atom stereocenters. The molecule has 0 aliphatic carbocycles. The molecule has 4 N–H and O–H groups in total. The molecule has 8 heteroatoms. The van der Waals surface area contributed by atoms with Gasteiger partial charge < -0.3 is 30.9 Å². The zero-order valence-electron chi connectivity index (χ0n) is 20.0. The Morgan fingerprint density at radius 2 is 1.62 bits per heavy atom. The molecule has 4 rings (SSSR count). The molecule has 2 aromatic rings. The number of nitrogens with two attached hydrogens (primary N) is 1. The third kappa shape index (κ3) is 5.80. The summed E-state index contributed by atoms with van der Waals surface area (Å²) >= 11 is 0. The predicted molar refractivity (Wildman–Crippen MR) is 135 cm³/mol. The van der Waals surface area contributed by atoms with Crippen molar-refractivity contribution in [2.24, 2.45) is 5.73 Å². The number of benzene rings is 2. The van der Waals surface area contributed by atoms with Crippen molar-refractivity contribution in [3.8, 4) is 0 Å². The van der Waals surface area contributed by atoms with Crippen LogP contribution in [0.25, 0.3) is 0 Å². The van der Waals surface area contributed by atoms with E-state index in [1.54, 1.807) is 25.1 Å². The lowest BCUT2D eigenvalue weighted by molar-refractivity contribution is 0.0853. The number of likely N-dealkylation sites (tertiary alicyclic amines) is 1. The first-order valence-corrected chi connectivity index (χ1v) is 12.0. The number of rotatable bonds is 6. The summed E-state index contributed by atoms with van der Waals surface area (Å²) in [5.41, 5.74) is 10.0. The average molecular weight is 466 g/mol. The van der Waals surface area contributed by atoms with E-state index >= 15 is 0 Å². The van der Waals surface area contributed by atoms with Gasteiger partial charge in [0.2, 0.25) is 0 Å². The topological polar surface area (TPSA) is 99.9 Å². The molecule has 2 aromatic carbocycles. The van der Waals surface area contributed by atoms with Crippen molar-refractivity contribution in [2.75, 3.05) is 51.0 Å². The molecule has 2 heterocycles. The number of nitrogens with one attached hydrogen (secondary N) is 2. The van der Waals surface area contributed by atoms with Crippen molar-refractivity contribution in [1.82, 2.24) is 9.80 Å². The molecule has 3 amide bonds. The van der Waals surface area contributed by atoms with Crippen molar-refractivity contribution in [3.63, 3.8) is 0 Å². The molecule has 0 bridgehead atoms. The highest BCUT2D eigenvalue weighted by Gasteiger charge is 2.24. The van der Waals surface area contributed by atoms with Crippen LogP contribution in [0.5, 0.6) is 0 Å². The first-order chi connectivity index (χ1) is 16.4. The number of nitrogens with zero attached hydrogens (tertiary/aromatic N) is 2. The monoisotopic (exact) mass is 465 g/mol. The van der Waals surface area contributed by atoms with Crippen LogP contribution in [0.3, 0.4) is 0 Å². The summed E-state index contributed by atoms with van der Waals surface area (Å²) in [7, 11) is 3.53. The molecule has 0 spiro atoms. The second kappa shape index (κ2) is 10.8. The molecule has 0 atom stereocenters. The molecule has 2 aliphatic heterocycles. The second-order valence-electron chi connectivity index (χ2n) is 9.34. The summed E-state index contributed by atoms with van der Waals surface area (Å²) in [6.07, 6.45) is 3.75. The Hall–Kier alpha value is -3.26. The lowest BCUT2D eigenvalue weighted by Gasteiger charge is -2.34. The zero-order valence-corrected chi connectivity index (χ0v) is 20.0. The quantitative estimate of drug-likeness (QED) is 0.599. The number of primary amides is 1. The SMILES string of the molecule is CN(C)C(=O)N1CCC(Nc2cc(Nc3ccc(C4CCOCC4)cc3)ccc2C(N)=O)CC1. The average Bonchev–Trinajstić information content (AvgIpc) is 2.85. The van der Waals surface area contributed by atoms with Gasteiger partial charge in [0.05, 0.1) is 5.56 Å². The number of urea groups is 1. The van der Waals surface area contributed by atoms with Crippen molar-refractivity contribution in [1.29, 1.82) is 0 Å². The molecular weight excluding hydrogens is 430 g/mol. The molecule has 0 radical (unpaired) electrons. The number of anilines is 3. The van der Waals surface area contributed by atoms with Crippen molar-refractivity contribution >= 4 is 29.0 Å². The van der Waals surface area contributed by atoms with Crippen LogP contribution in [-0.4, -0.2) is 68.2 Å². The smallest absolute Gasteiger partial charge is 0.319 e. The summed E-state index contributed by atoms with van der Waals surface area (Å²) in [6, 6.07) is 14.3. The minimum atomic E-state index is -0.463. The molecule has 8 nitrogen and oxygen atoms in total. The van der Waals surface area contributed by atoms with E-state index in [0.717, 1.165) is 50.3 Å². The fourth-order valence-corrected chi connectivity index (χ4v) is 4.71. The number of carbonyl (C=O) groups is 2. The normalized spacial score (nSPS) is 17.3. The van der Waals surface area contributed by atoms with Gasteiger partial charge in [-0.1, -0.05) is 12.1 Å². The van der Waals surface area contributed by atoms with E-state index in [-0.39, 0.29) is 12.1 Å². The number of hydrogen-bond acceptors (Lipinski definition) is 5. The number of ether oxygens (including phenoxy) is 1. The summed E-state index contributed by atoms with van der Waals surface area (Å²) < 4.78 is 5.47. The van der Waals surface area contributed by atoms with Gasteiger partial charge in [0.25, 0.3) is 5.91 Å². The minimum absolute atomic E-state index is 0.0327. The lowest BCUT2D eigenvalue weighted by Crippen LogP contribution is -2.46.